The number of halogens is 3. The minimum absolute atomic E-state index is 0.572. The van der Waals surface area contributed by atoms with E-state index in [0.29, 0.717) is 5.56 Å². The maximum atomic E-state index is 13.0. The number of aryl methyl sites for hydroxylation is 2. The first-order valence-electron chi connectivity index (χ1n) is 11.1. The highest BCUT2D eigenvalue weighted by atomic mass is 19.4. The summed E-state index contributed by atoms with van der Waals surface area (Å²) in [5, 5.41) is 0. The molecule has 0 unspecified atom stereocenters. The molecule has 30 heavy (non-hydrogen) atoms. The zero-order chi connectivity index (χ0) is 21.6. The van der Waals surface area contributed by atoms with Gasteiger partial charge in [0.2, 0.25) is 0 Å². The summed E-state index contributed by atoms with van der Waals surface area (Å²) in [4.78, 5) is 2.39. The smallest absolute Gasteiger partial charge is 0.299 e. The third kappa shape index (κ3) is 5.98. The summed E-state index contributed by atoms with van der Waals surface area (Å²) in [5.74, 6) is 0. The summed E-state index contributed by atoms with van der Waals surface area (Å²) in [6, 6.07) is 12.6. The second-order valence-electron chi connectivity index (χ2n) is 8.21. The number of benzene rings is 2. The normalized spacial score (nSPS) is 15.3. The quantitative estimate of drug-likeness (QED) is 0.451. The van der Waals surface area contributed by atoms with E-state index in [0.717, 1.165) is 63.4 Å². The molecular weight excluding hydrogens is 383 g/mol. The van der Waals surface area contributed by atoms with Crippen LogP contribution in [0.2, 0.25) is 0 Å². The molecule has 2 aromatic carbocycles. The Hall–Kier alpha value is -2.07. The van der Waals surface area contributed by atoms with Crippen LogP contribution in [0.15, 0.2) is 48.5 Å². The lowest BCUT2D eigenvalue weighted by molar-refractivity contribution is -0.137. The lowest BCUT2D eigenvalue weighted by Crippen LogP contribution is -2.30. The van der Waals surface area contributed by atoms with Crippen LogP contribution in [0, 0.1) is 0 Å². The highest BCUT2D eigenvalue weighted by Crippen LogP contribution is 2.32. The second kappa shape index (κ2) is 10.3. The summed E-state index contributed by atoms with van der Waals surface area (Å²) in [6.45, 7) is 7.11. The van der Waals surface area contributed by atoms with Crippen LogP contribution in [-0.4, -0.2) is 24.5 Å². The summed E-state index contributed by atoms with van der Waals surface area (Å²) in [7, 11) is 0. The van der Waals surface area contributed by atoms with Crippen LogP contribution in [0.3, 0.4) is 0 Å². The van der Waals surface area contributed by atoms with Crippen LogP contribution in [0.5, 0.6) is 0 Å². The Kier molecular flexibility index (Phi) is 7.76. The number of hydrogen-bond donors (Lipinski definition) is 0. The van der Waals surface area contributed by atoms with E-state index in [-0.39, 0.29) is 0 Å². The molecule has 3 rings (SSSR count). The van der Waals surface area contributed by atoms with Crippen molar-refractivity contribution in [2.24, 2.45) is 0 Å². The van der Waals surface area contributed by atoms with Crippen molar-refractivity contribution in [2.75, 3.05) is 19.6 Å². The molecule has 0 amide bonds. The predicted molar refractivity (Wildman–Crippen MR) is 119 cm³/mol. The van der Waals surface area contributed by atoms with E-state index in [1.807, 2.05) is 0 Å². The van der Waals surface area contributed by atoms with Gasteiger partial charge in [-0.2, -0.15) is 13.2 Å². The zero-order valence-corrected chi connectivity index (χ0v) is 18.1. The average molecular weight is 416 g/mol. The van der Waals surface area contributed by atoms with Crippen molar-refractivity contribution in [3.8, 4) is 0 Å². The first kappa shape index (κ1) is 22.6. The van der Waals surface area contributed by atoms with E-state index in [2.05, 4.69) is 43.0 Å². The minimum Gasteiger partial charge on any atom is -0.299 e. The van der Waals surface area contributed by atoms with Crippen molar-refractivity contribution in [1.29, 1.82) is 0 Å². The average Bonchev–Trinajstić information content (AvgIpc) is 2.74. The molecule has 0 spiro atoms. The lowest BCUT2D eigenvalue weighted by Gasteiger charge is -2.27. The van der Waals surface area contributed by atoms with E-state index in [4.69, 9.17) is 0 Å². The Bertz CT molecular complexity index is 867. The Labute approximate surface area is 178 Å². The molecule has 0 N–H and O–H groups in total. The molecule has 0 aliphatic carbocycles. The molecule has 4 heteroatoms. The van der Waals surface area contributed by atoms with Gasteiger partial charge in [0, 0.05) is 19.6 Å². The van der Waals surface area contributed by atoms with Gasteiger partial charge in [-0.05, 0) is 65.6 Å². The largest absolute Gasteiger partial charge is 0.416 e. The third-order valence-corrected chi connectivity index (χ3v) is 5.88. The van der Waals surface area contributed by atoms with Gasteiger partial charge < -0.3 is 0 Å². The summed E-state index contributed by atoms with van der Waals surface area (Å²) in [5.41, 5.74) is 5.49. The molecule has 1 aliphatic heterocycles. The fraction of sp³-hybridized carbons (Fsp3) is 0.462. The van der Waals surface area contributed by atoms with Crippen LogP contribution in [0.25, 0.3) is 5.57 Å². The molecule has 0 bridgehead atoms. The van der Waals surface area contributed by atoms with Crippen LogP contribution in [0.4, 0.5) is 13.2 Å². The van der Waals surface area contributed by atoms with Crippen LogP contribution in [-0.2, 0) is 25.4 Å². The summed E-state index contributed by atoms with van der Waals surface area (Å²) in [6.07, 6.45) is 4.21. The van der Waals surface area contributed by atoms with E-state index >= 15 is 0 Å². The molecule has 0 aromatic heterocycles. The molecule has 0 saturated carbocycles. The summed E-state index contributed by atoms with van der Waals surface area (Å²) < 4.78 is 38.9. The molecule has 0 fully saturated rings. The van der Waals surface area contributed by atoms with Crippen LogP contribution in [0.1, 0.15) is 60.9 Å². The molecule has 0 radical (unpaired) electrons. The first-order chi connectivity index (χ1) is 14.4. The van der Waals surface area contributed by atoms with Crippen molar-refractivity contribution >= 4 is 5.57 Å². The van der Waals surface area contributed by atoms with Crippen molar-refractivity contribution in [3.05, 3.63) is 76.4 Å². The Morgan fingerprint density at radius 2 is 1.67 bits per heavy atom. The molecule has 1 nitrogen and oxygen atoms in total. The first-order valence-corrected chi connectivity index (χ1v) is 11.1. The Morgan fingerprint density at radius 3 is 2.33 bits per heavy atom. The molecular formula is C26H32F3N. The van der Waals surface area contributed by atoms with E-state index in [1.54, 1.807) is 6.07 Å². The van der Waals surface area contributed by atoms with Gasteiger partial charge in [-0.3, -0.25) is 4.90 Å². The summed E-state index contributed by atoms with van der Waals surface area (Å²) >= 11 is 0. The van der Waals surface area contributed by atoms with E-state index in [1.165, 1.54) is 35.2 Å². The van der Waals surface area contributed by atoms with Gasteiger partial charge in [0.1, 0.15) is 0 Å². The molecule has 2 aromatic rings. The van der Waals surface area contributed by atoms with Gasteiger partial charge in [-0.25, -0.2) is 0 Å². The molecule has 162 valence electrons. The fourth-order valence-corrected chi connectivity index (χ4v) is 4.21. The highest BCUT2D eigenvalue weighted by molar-refractivity contribution is 5.67. The molecule has 0 atom stereocenters. The molecule has 0 saturated heterocycles. The predicted octanol–water partition coefficient (Wildman–Crippen LogP) is 6.94. The van der Waals surface area contributed by atoms with Crippen molar-refractivity contribution in [1.82, 2.24) is 4.90 Å². The van der Waals surface area contributed by atoms with Crippen molar-refractivity contribution in [2.45, 2.75) is 58.5 Å². The number of rotatable bonds is 8. The Balaban J connectivity index is 1.60. The van der Waals surface area contributed by atoms with Gasteiger partial charge in [0.05, 0.1) is 5.56 Å². The standard InChI is InChI=1S/C26H32F3N/c1-3-6-21-11-10-20(18-23(21)7-4-2)12-15-30-16-13-22(14-17-30)24-8-5-9-25(19-24)26(27,28)29/h5,8-11,13,18-19H,3-4,6-7,12,14-17H2,1-2H3. The van der Waals surface area contributed by atoms with Gasteiger partial charge in [-0.1, -0.05) is 63.1 Å². The molecule has 1 aliphatic rings. The fourth-order valence-electron chi connectivity index (χ4n) is 4.21. The lowest BCUT2D eigenvalue weighted by atomic mass is 9.95. The minimum atomic E-state index is -4.29. The highest BCUT2D eigenvalue weighted by Gasteiger charge is 2.30. The third-order valence-electron chi connectivity index (χ3n) is 5.88. The maximum Gasteiger partial charge on any atom is 0.416 e. The number of hydrogen-bond acceptors (Lipinski definition) is 1. The second-order valence-corrected chi connectivity index (χ2v) is 8.21. The maximum absolute atomic E-state index is 13.0. The van der Waals surface area contributed by atoms with Gasteiger partial charge in [0.25, 0.3) is 0 Å². The van der Waals surface area contributed by atoms with Gasteiger partial charge in [0.15, 0.2) is 0 Å². The Morgan fingerprint density at radius 1 is 0.900 bits per heavy atom. The monoisotopic (exact) mass is 415 g/mol. The SMILES string of the molecule is CCCc1ccc(CCN2CC=C(c3cccc(C(F)(F)F)c3)CC2)cc1CCC. The zero-order valence-electron chi connectivity index (χ0n) is 18.1. The van der Waals surface area contributed by atoms with Gasteiger partial charge >= 0.3 is 6.18 Å². The van der Waals surface area contributed by atoms with Crippen molar-refractivity contribution in [3.63, 3.8) is 0 Å². The van der Waals surface area contributed by atoms with Crippen molar-refractivity contribution < 1.29 is 13.2 Å². The van der Waals surface area contributed by atoms with Crippen LogP contribution >= 0.6 is 0 Å². The van der Waals surface area contributed by atoms with E-state index in [9.17, 15) is 13.2 Å². The van der Waals surface area contributed by atoms with E-state index < -0.39 is 11.7 Å². The van der Waals surface area contributed by atoms with Crippen LogP contribution < -0.4 is 0 Å². The number of alkyl halides is 3. The molecule has 1 heterocycles. The van der Waals surface area contributed by atoms with Gasteiger partial charge in [-0.15, -0.1) is 0 Å². The number of nitrogens with zero attached hydrogens (tertiary/aromatic N) is 1. The topological polar surface area (TPSA) is 3.24 Å².